The Morgan fingerprint density at radius 1 is 1.25 bits per heavy atom. The van der Waals surface area contributed by atoms with Crippen LogP contribution in [0.15, 0.2) is 46.6 Å². The van der Waals surface area contributed by atoms with Crippen molar-refractivity contribution in [1.29, 1.82) is 0 Å². The maximum absolute atomic E-state index is 12.3. The minimum atomic E-state index is -0.0598. The lowest BCUT2D eigenvalue weighted by Crippen LogP contribution is -2.24. The molecule has 1 N–H and O–H groups in total. The highest BCUT2D eigenvalue weighted by molar-refractivity contribution is 7.71. The molecule has 0 bridgehead atoms. The zero-order valence-electron chi connectivity index (χ0n) is 10.5. The van der Waals surface area contributed by atoms with Gasteiger partial charge in [0.2, 0.25) is 0 Å². The van der Waals surface area contributed by atoms with Gasteiger partial charge in [-0.05, 0) is 35.8 Å². The summed E-state index contributed by atoms with van der Waals surface area (Å²) in [6.07, 6.45) is 0. The standard InChI is InChI=1S/C14H12N2O2S2/c17-13-12-11(6-9-20-12)15-14(19)16(13)7-8-18-10-4-2-1-3-5-10/h1-6,9H,7-8H2,(H,15,19). The van der Waals surface area contributed by atoms with E-state index in [4.69, 9.17) is 17.0 Å². The lowest BCUT2D eigenvalue weighted by atomic mass is 10.3. The molecule has 6 heteroatoms. The molecule has 20 heavy (non-hydrogen) atoms. The molecular formula is C14H12N2O2S2. The van der Waals surface area contributed by atoms with Crippen LogP contribution in [-0.4, -0.2) is 16.2 Å². The van der Waals surface area contributed by atoms with Gasteiger partial charge in [0, 0.05) is 0 Å². The monoisotopic (exact) mass is 304 g/mol. The SMILES string of the molecule is O=c1c2sccc2[nH]c(=S)n1CCOc1ccccc1. The molecule has 0 aliphatic rings. The first-order valence-electron chi connectivity index (χ1n) is 6.14. The van der Waals surface area contributed by atoms with Gasteiger partial charge in [-0.15, -0.1) is 11.3 Å². The molecule has 0 unspecified atom stereocenters. The second kappa shape index (κ2) is 5.60. The van der Waals surface area contributed by atoms with E-state index in [0.29, 0.717) is 22.6 Å². The highest BCUT2D eigenvalue weighted by Gasteiger charge is 2.06. The molecule has 0 atom stereocenters. The van der Waals surface area contributed by atoms with Crippen molar-refractivity contribution in [3.8, 4) is 5.75 Å². The number of nitrogens with one attached hydrogen (secondary N) is 1. The fourth-order valence-corrected chi connectivity index (χ4v) is 3.03. The van der Waals surface area contributed by atoms with E-state index in [1.165, 1.54) is 15.9 Å². The van der Waals surface area contributed by atoms with Crippen LogP contribution in [0.1, 0.15) is 0 Å². The van der Waals surface area contributed by atoms with Crippen molar-refractivity contribution in [2.75, 3.05) is 6.61 Å². The van der Waals surface area contributed by atoms with Crippen molar-refractivity contribution < 1.29 is 4.74 Å². The number of aromatic nitrogens is 2. The van der Waals surface area contributed by atoms with Gasteiger partial charge in [0.25, 0.3) is 5.56 Å². The molecule has 0 saturated heterocycles. The van der Waals surface area contributed by atoms with Crippen molar-refractivity contribution >= 4 is 33.8 Å². The number of para-hydroxylation sites is 1. The Morgan fingerprint density at radius 3 is 2.85 bits per heavy atom. The summed E-state index contributed by atoms with van der Waals surface area (Å²) in [4.78, 5) is 15.3. The van der Waals surface area contributed by atoms with Crippen LogP contribution in [0.4, 0.5) is 0 Å². The maximum atomic E-state index is 12.3. The molecule has 102 valence electrons. The number of rotatable bonds is 4. The van der Waals surface area contributed by atoms with Gasteiger partial charge in [-0.2, -0.15) is 0 Å². The number of hydrogen-bond donors (Lipinski definition) is 1. The molecule has 3 rings (SSSR count). The second-order valence-corrected chi connectivity index (χ2v) is 5.51. The fraction of sp³-hybridized carbons (Fsp3) is 0.143. The van der Waals surface area contributed by atoms with Crippen molar-refractivity contribution in [2.45, 2.75) is 6.54 Å². The van der Waals surface area contributed by atoms with Crippen molar-refractivity contribution in [3.05, 3.63) is 56.9 Å². The third-order valence-corrected chi connectivity index (χ3v) is 4.14. The van der Waals surface area contributed by atoms with E-state index in [1.54, 1.807) is 0 Å². The van der Waals surface area contributed by atoms with Crippen LogP contribution in [0.2, 0.25) is 0 Å². The second-order valence-electron chi connectivity index (χ2n) is 4.21. The normalized spacial score (nSPS) is 10.8. The molecule has 0 radical (unpaired) electrons. The summed E-state index contributed by atoms with van der Waals surface area (Å²) in [7, 11) is 0. The van der Waals surface area contributed by atoms with Crippen molar-refractivity contribution in [3.63, 3.8) is 0 Å². The van der Waals surface area contributed by atoms with E-state index in [-0.39, 0.29) is 5.56 Å². The van der Waals surface area contributed by atoms with Crippen LogP contribution in [0.3, 0.4) is 0 Å². The average Bonchev–Trinajstić information content (AvgIpc) is 2.92. The molecule has 4 nitrogen and oxygen atoms in total. The Hall–Kier alpha value is -1.92. The van der Waals surface area contributed by atoms with Gasteiger partial charge in [-0.3, -0.25) is 9.36 Å². The van der Waals surface area contributed by atoms with Gasteiger partial charge in [0.15, 0.2) is 4.77 Å². The van der Waals surface area contributed by atoms with E-state index in [0.717, 1.165) is 11.3 Å². The molecule has 1 aromatic carbocycles. The molecule has 0 fully saturated rings. The highest BCUT2D eigenvalue weighted by atomic mass is 32.1. The number of thiophene rings is 1. The largest absolute Gasteiger partial charge is 0.492 e. The van der Waals surface area contributed by atoms with E-state index in [9.17, 15) is 4.79 Å². The smallest absolute Gasteiger partial charge is 0.272 e. The number of ether oxygens (including phenoxy) is 1. The van der Waals surface area contributed by atoms with Crippen LogP contribution < -0.4 is 10.3 Å². The Morgan fingerprint density at radius 2 is 2.05 bits per heavy atom. The van der Waals surface area contributed by atoms with Gasteiger partial charge in [0.1, 0.15) is 17.1 Å². The number of H-pyrrole nitrogens is 1. The predicted octanol–water partition coefficient (Wildman–Crippen LogP) is 3.20. The molecule has 0 aliphatic heterocycles. The first-order chi connectivity index (χ1) is 9.75. The number of nitrogens with zero attached hydrogens (tertiary/aromatic N) is 1. The van der Waals surface area contributed by atoms with Crippen LogP contribution in [0.5, 0.6) is 5.75 Å². The lowest BCUT2D eigenvalue weighted by molar-refractivity contribution is 0.295. The fourth-order valence-electron chi connectivity index (χ4n) is 1.95. The Kier molecular flexibility index (Phi) is 3.66. The van der Waals surface area contributed by atoms with Gasteiger partial charge in [-0.25, -0.2) is 0 Å². The lowest BCUT2D eigenvalue weighted by Gasteiger charge is -2.08. The summed E-state index contributed by atoms with van der Waals surface area (Å²) in [6.45, 7) is 0.829. The van der Waals surface area contributed by atoms with Crippen LogP contribution in [-0.2, 0) is 6.54 Å². The molecule has 3 aromatic rings. The Labute approximate surface area is 124 Å². The summed E-state index contributed by atoms with van der Waals surface area (Å²) in [5, 5.41) is 1.88. The minimum absolute atomic E-state index is 0.0598. The maximum Gasteiger partial charge on any atom is 0.272 e. The summed E-state index contributed by atoms with van der Waals surface area (Å²) in [5.41, 5.74) is 0.737. The summed E-state index contributed by atoms with van der Waals surface area (Å²) in [5.74, 6) is 0.785. The van der Waals surface area contributed by atoms with Crippen LogP contribution >= 0.6 is 23.6 Å². The van der Waals surface area contributed by atoms with Gasteiger partial charge >= 0.3 is 0 Å². The first-order valence-corrected chi connectivity index (χ1v) is 7.42. The highest BCUT2D eigenvalue weighted by Crippen LogP contribution is 2.14. The Bertz CT molecular complexity index is 833. The molecule has 0 aliphatic carbocycles. The van der Waals surface area contributed by atoms with E-state index in [2.05, 4.69) is 4.98 Å². The third kappa shape index (κ3) is 2.52. The number of benzene rings is 1. The molecular weight excluding hydrogens is 292 g/mol. The molecule has 2 heterocycles. The zero-order valence-corrected chi connectivity index (χ0v) is 12.2. The summed E-state index contributed by atoms with van der Waals surface area (Å²) in [6, 6.07) is 11.4. The van der Waals surface area contributed by atoms with E-state index < -0.39 is 0 Å². The summed E-state index contributed by atoms with van der Waals surface area (Å²) < 4.78 is 8.26. The van der Waals surface area contributed by atoms with Crippen molar-refractivity contribution in [2.24, 2.45) is 0 Å². The number of hydrogen-bond acceptors (Lipinski definition) is 4. The van der Waals surface area contributed by atoms with E-state index in [1.807, 2.05) is 41.8 Å². The van der Waals surface area contributed by atoms with Gasteiger partial charge in [0.05, 0.1) is 12.1 Å². The quantitative estimate of drug-likeness (QED) is 0.753. The third-order valence-electron chi connectivity index (χ3n) is 2.92. The van der Waals surface area contributed by atoms with Crippen LogP contribution in [0.25, 0.3) is 10.2 Å². The van der Waals surface area contributed by atoms with Gasteiger partial charge < -0.3 is 9.72 Å². The predicted molar refractivity (Wildman–Crippen MR) is 83.2 cm³/mol. The van der Waals surface area contributed by atoms with E-state index >= 15 is 0 Å². The van der Waals surface area contributed by atoms with Crippen molar-refractivity contribution in [1.82, 2.24) is 9.55 Å². The molecule has 2 aromatic heterocycles. The number of aromatic amines is 1. The van der Waals surface area contributed by atoms with Gasteiger partial charge in [-0.1, -0.05) is 18.2 Å². The zero-order chi connectivity index (χ0) is 13.9. The molecule has 0 spiro atoms. The molecule has 0 amide bonds. The first kappa shape index (κ1) is 13.1. The number of fused-ring (bicyclic) bond motifs is 1. The van der Waals surface area contributed by atoms with Crippen LogP contribution in [0, 0.1) is 4.77 Å². The molecule has 0 saturated carbocycles. The minimum Gasteiger partial charge on any atom is -0.492 e. The Balaban J connectivity index is 1.81. The average molecular weight is 304 g/mol. The summed E-state index contributed by atoms with van der Waals surface area (Å²) >= 11 is 6.63. The topological polar surface area (TPSA) is 47.0 Å².